The standard InChI is InChI=1S/C15H23FN2O2/c1-11-9-15(13(12(2)20)10-14(11)16)18-5-3-17(4-6-18)7-8-19/h9-10,12,19-20H,3-8H2,1-2H3. The molecule has 0 aromatic heterocycles. The molecule has 1 aromatic rings. The molecule has 0 saturated carbocycles. The number of piperazine rings is 1. The molecule has 1 saturated heterocycles. The van der Waals surface area contributed by atoms with E-state index in [9.17, 15) is 9.50 Å². The molecule has 1 aliphatic heterocycles. The van der Waals surface area contributed by atoms with Crippen molar-refractivity contribution in [2.45, 2.75) is 20.0 Å². The fourth-order valence-corrected chi connectivity index (χ4v) is 2.64. The van der Waals surface area contributed by atoms with Gasteiger partial charge in [0, 0.05) is 44.0 Å². The van der Waals surface area contributed by atoms with E-state index in [-0.39, 0.29) is 12.4 Å². The molecule has 0 radical (unpaired) electrons. The van der Waals surface area contributed by atoms with Gasteiger partial charge >= 0.3 is 0 Å². The second-order valence-corrected chi connectivity index (χ2v) is 5.39. The number of anilines is 1. The Balaban J connectivity index is 2.18. The Morgan fingerprint density at radius 1 is 1.25 bits per heavy atom. The van der Waals surface area contributed by atoms with E-state index in [0.717, 1.165) is 31.9 Å². The molecule has 1 unspecified atom stereocenters. The first-order chi connectivity index (χ1) is 9.52. The van der Waals surface area contributed by atoms with E-state index in [1.54, 1.807) is 13.8 Å². The van der Waals surface area contributed by atoms with Gasteiger partial charge in [0.1, 0.15) is 5.82 Å². The molecule has 1 atom stereocenters. The van der Waals surface area contributed by atoms with Crippen LogP contribution in [0.2, 0.25) is 0 Å². The summed E-state index contributed by atoms with van der Waals surface area (Å²) in [5.41, 5.74) is 2.16. The summed E-state index contributed by atoms with van der Waals surface area (Å²) < 4.78 is 13.7. The third-order valence-corrected chi connectivity index (χ3v) is 3.89. The molecule has 112 valence electrons. The number of β-amino-alcohol motifs (C(OH)–C–C–N with tert-alkyl or cyclic N) is 1. The van der Waals surface area contributed by atoms with Crippen molar-refractivity contribution in [2.75, 3.05) is 44.2 Å². The van der Waals surface area contributed by atoms with Crippen LogP contribution in [0.1, 0.15) is 24.2 Å². The molecule has 1 heterocycles. The predicted octanol–water partition coefficient (Wildman–Crippen LogP) is 1.30. The number of benzene rings is 1. The van der Waals surface area contributed by atoms with E-state index in [1.165, 1.54) is 6.07 Å². The fraction of sp³-hybridized carbons (Fsp3) is 0.600. The maximum absolute atomic E-state index is 13.7. The molecule has 0 aliphatic carbocycles. The molecule has 20 heavy (non-hydrogen) atoms. The number of nitrogens with zero attached hydrogens (tertiary/aromatic N) is 2. The highest BCUT2D eigenvalue weighted by atomic mass is 19.1. The molecule has 0 bridgehead atoms. The fourth-order valence-electron chi connectivity index (χ4n) is 2.64. The summed E-state index contributed by atoms with van der Waals surface area (Å²) in [7, 11) is 0. The lowest BCUT2D eigenvalue weighted by Crippen LogP contribution is -2.47. The Hall–Kier alpha value is -1.17. The number of aliphatic hydroxyl groups excluding tert-OH is 2. The number of aliphatic hydroxyl groups is 2. The van der Waals surface area contributed by atoms with Gasteiger partial charge in [-0.3, -0.25) is 4.90 Å². The first kappa shape index (κ1) is 15.2. The average molecular weight is 282 g/mol. The molecule has 2 rings (SSSR count). The van der Waals surface area contributed by atoms with Gasteiger partial charge in [-0.25, -0.2) is 4.39 Å². The summed E-state index contributed by atoms with van der Waals surface area (Å²) in [6.07, 6.45) is -0.685. The van der Waals surface area contributed by atoms with Gasteiger partial charge in [0.15, 0.2) is 0 Å². The van der Waals surface area contributed by atoms with Crippen molar-refractivity contribution >= 4 is 5.69 Å². The third kappa shape index (κ3) is 3.29. The normalized spacial score (nSPS) is 18.4. The summed E-state index contributed by atoms with van der Waals surface area (Å²) in [5.74, 6) is -0.274. The average Bonchev–Trinajstić information content (AvgIpc) is 2.42. The van der Waals surface area contributed by atoms with Crippen LogP contribution in [0.25, 0.3) is 0 Å². The molecular weight excluding hydrogens is 259 g/mol. The predicted molar refractivity (Wildman–Crippen MR) is 77.5 cm³/mol. The smallest absolute Gasteiger partial charge is 0.126 e. The highest BCUT2D eigenvalue weighted by Gasteiger charge is 2.21. The number of hydrogen-bond acceptors (Lipinski definition) is 4. The SMILES string of the molecule is Cc1cc(N2CCN(CCO)CC2)c(C(C)O)cc1F. The summed E-state index contributed by atoms with van der Waals surface area (Å²) >= 11 is 0. The van der Waals surface area contributed by atoms with Gasteiger partial charge in [0.25, 0.3) is 0 Å². The molecule has 1 fully saturated rings. The van der Waals surface area contributed by atoms with Gasteiger partial charge in [0.2, 0.25) is 0 Å². The van der Waals surface area contributed by atoms with E-state index in [4.69, 9.17) is 5.11 Å². The second kappa shape index (κ2) is 6.52. The van der Waals surface area contributed by atoms with Crippen LogP contribution in [-0.4, -0.2) is 54.4 Å². The minimum atomic E-state index is -0.685. The molecular formula is C15H23FN2O2. The van der Waals surface area contributed by atoms with Crippen LogP contribution in [0.15, 0.2) is 12.1 Å². The molecule has 0 spiro atoms. The highest BCUT2D eigenvalue weighted by Crippen LogP contribution is 2.30. The van der Waals surface area contributed by atoms with Crippen molar-refractivity contribution in [1.29, 1.82) is 0 Å². The van der Waals surface area contributed by atoms with E-state index in [2.05, 4.69) is 9.80 Å². The first-order valence-electron chi connectivity index (χ1n) is 7.09. The quantitative estimate of drug-likeness (QED) is 0.874. The first-order valence-corrected chi connectivity index (χ1v) is 7.09. The van der Waals surface area contributed by atoms with Gasteiger partial charge in [0.05, 0.1) is 12.7 Å². The van der Waals surface area contributed by atoms with Crippen molar-refractivity contribution in [3.05, 3.63) is 29.1 Å². The molecule has 5 heteroatoms. The highest BCUT2D eigenvalue weighted by molar-refractivity contribution is 5.57. The molecule has 2 N–H and O–H groups in total. The lowest BCUT2D eigenvalue weighted by atomic mass is 10.0. The van der Waals surface area contributed by atoms with Gasteiger partial charge < -0.3 is 15.1 Å². The van der Waals surface area contributed by atoms with E-state index in [1.807, 2.05) is 6.07 Å². The summed E-state index contributed by atoms with van der Waals surface area (Å²) in [5, 5.41) is 18.8. The number of aryl methyl sites for hydroxylation is 1. The van der Waals surface area contributed by atoms with Crippen LogP contribution >= 0.6 is 0 Å². The van der Waals surface area contributed by atoms with E-state index in [0.29, 0.717) is 17.7 Å². The van der Waals surface area contributed by atoms with Gasteiger partial charge in [-0.05, 0) is 31.5 Å². The maximum atomic E-state index is 13.7. The van der Waals surface area contributed by atoms with Crippen molar-refractivity contribution < 1.29 is 14.6 Å². The molecule has 0 amide bonds. The maximum Gasteiger partial charge on any atom is 0.126 e. The Bertz CT molecular complexity index is 457. The van der Waals surface area contributed by atoms with Gasteiger partial charge in [-0.15, -0.1) is 0 Å². The van der Waals surface area contributed by atoms with Crippen LogP contribution in [-0.2, 0) is 0 Å². The monoisotopic (exact) mass is 282 g/mol. The minimum absolute atomic E-state index is 0.175. The summed E-state index contributed by atoms with van der Waals surface area (Å²) in [6, 6.07) is 3.26. The Kier molecular flexibility index (Phi) is 4.96. The molecule has 1 aromatic carbocycles. The lowest BCUT2D eigenvalue weighted by Gasteiger charge is -2.37. The van der Waals surface area contributed by atoms with Crippen LogP contribution in [0.3, 0.4) is 0 Å². The topological polar surface area (TPSA) is 46.9 Å². The van der Waals surface area contributed by atoms with Crippen LogP contribution in [0, 0.1) is 12.7 Å². The second-order valence-electron chi connectivity index (χ2n) is 5.39. The van der Waals surface area contributed by atoms with Gasteiger partial charge in [-0.1, -0.05) is 0 Å². The molecule has 4 nitrogen and oxygen atoms in total. The lowest BCUT2D eigenvalue weighted by molar-refractivity contribution is 0.186. The Morgan fingerprint density at radius 2 is 1.90 bits per heavy atom. The van der Waals surface area contributed by atoms with Crippen molar-refractivity contribution in [1.82, 2.24) is 4.90 Å². The van der Waals surface area contributed by atoms with Gasteiger partial charge in [-0.2, -0.15) is 0 Å². The third-order valence-electron chi connectivity index (χ3n) is 3.89. The number of halogens is 1. The minimum Gasteiger partial charge on any atom is -0.395 e. The summed E-state index contributed by atoms with van der Waals surface area (Å²) in [6.45, 7) is 7.67. The summed E-state index contributed by atoms with van der Waals surface area (Å²) in [4.78, 5) is 4.39. The largest absolute Gasteiger partial charge is 0.395 e. The van der Waals surface area contributed by atoms with Crippen molar-refractivity contribution in [3.8, 4) is 0 Å². The zero-order chi connectivity index (χ0) is 14.7. The van der Waals surface area contributed by atoms with Crippen molar-refractivity contribution in [3.63, 3.8) is 0 Å². The number of hydrogen-bond donors (Lipinski definition) is 2. The van der Waals surface area contributed by atoms with Crippen LogP contribution in [0.4, 0.5) is 10.1 Å². The Morgan fingerprint density at radius 3 is 2.45 bits per heavy atom. The Labute approximate surface area is 119 Å². The van der Waals surface area contributed by atoms with Crippen LogP contribution in [0.5, 0.6) is 0 Å². The number of rotatable bonds is 4. The zero-order valence-electron chi connectivity index (χ0n) is 12.1. The van der Waals surface area contributed by atoms with E-state index >= 15 is 0 Å². The van der Waals surface area contributed by atoms with Crippen LogP contribution < -0.4 is 4.90 Å². The molecule has 1 aliphatic rings. The van der Waals surface area contributed by atoms with Crippen molar-refractivity contribution in [2.24, 2.45) is 0 Å². The van der Waals surface area contributed by atoms with E-state index < -0.39 is 6.10 Å². The zero-order valence-corrected chi connectivity index (χ0v) is 12.1.